The molecule has 0 atom stereocenters. The third-order valence-corrected chi connectivity index (χ3v) is 5.50. The number of halogens is 3. The zero-order valence-corrected chi connectivity index (χ0v) is 17.4. The molecule has 1 amide bonds. The summed E-state index contributed by atoms with van der Waals surface area (Å²) in [6.07, 6.45) is -3.00. The predicted octanol–water partition coefficient (Wildman–Crippen LogP) is 3.92. The van der Waals surface area contributed by atoms with E-state index in [2.05, 4.69) is 10.3 Å². The molecule has 2 heterocycles. The summed E-state index contributed by atoms with van der Waals surface area (Å²) in [7, 11) is 0. The summed E-state index contributed by atoms with van der Waals surface area (Å²) in [5, 5.41) is 14.6. The number of para-hydroxylation sites is 1. The van der Waals surface area contributed by atoms with Gasteiger partial charge in [-0.3, -0.25) is 24.8 Å². The number of carbonyl (C=O) groups excluding carboxylic acids is 1. The first-order chi connectivity index (χ1) is 15.7. The van der Waals surface area contributed by atoms with E-state index >= 15 is 0 Å². The van der Waals surface area contributed by atoms with E-state index in [-0.39, 0.29) is 17.9 Å². The lowest BCUT2D eigenvalue weighted by Crippen LogP contribution is -2.48. The highest BCUT2D eigenvalue weighted by Gasteiger charge is 2.34. The van der Waals surface area contributed by atoms with Crippen LogP contribution in [0.15, 0.2) is 54.7 Å². The fourth-order valence-corrected chi connectivity index (χ4v) is 3.95. The van der Waals surface area contributed by atoms with E-state index in [0.717, 1.165) is 6.07 Å². The van der Waals surface area contributed by atoms with Crippen molar-refractivity contribution in [2.45, 2.75) is 6.18 Å². The molecule has 11 heteroatoms. The molecule has 1 aromatic heterocycles. The molecule has 0 unspecified atom stereocenters. The van der Waals surface area contributed by atoms with Crippen molar-refractivity contribution in [3.8, 4) is 0 Å². The van der Waals surface area contributed by atoms with Gasteiger partial charge in [-0.05, 0) is 36.4 Å². The van der Waals surface area contributed by atoms with Crippen molar-refractivity contribution < 1.29 is 22.9 Å². The summed E-state index contributed by atoms with van der Waals surface area (Å²) >= 11 is 0. The number of nitrogens with zero attached hydrogens (tertiary/aromatic N) is 4. The Morgan fingerprint density at radius 1 is 1.06 bits per heavy atom. The number of nitro benzene ring substituents is 1. The Kier molecular flexibility index (Phi) is 6.14. The third-order valence-electron chi connectivity index (χ3n) is 5.50. The number of aromatic nitrogens is 1. The van der Waals surface area contributed by atoms with E-state index in [1.54, 1.807) is 35.4 Å². The third kappa shape index (κ3) is 4.87. The summed E-state index contributed by atoms with van der Waals surface area (Å²) in [4.78, 5) is 31.6. The molecule has 1 aliphatic rings. The van der Waals surface area contributed by atoms with E-state index in [4.69, 9.17) is 0 Å². The first-order valence-electron chi connectivity index (χ1n) is 10.2. The molecule has 0 spiro atoms. The van der Waals surface area contributed by atoms with Crippen molar-refractivity contribution in [2.24, 2.45) is 0 Å². The number of alkyl halides is 3. The highest BCUT2D eigenvalue weighted by molar-refractivity contribution is 5.95. The second-order valence-electron chi connectivity index (χ2n) is 7.62. The molecule has 1 N–H and O–H groups in total. The Balaban J connectivity index is 1.42. The zero-order valence-electron chi connectivity index (χ0n) is 17.4. The SMILES string of the molecule is O=C(CN1CCN(c2ccc3ncccc3c2[N+](=O)[O-])CC1)Nc1ccccc1C(F)(F)F. The molecule has 1 fully saturated rings. The summed E-state index contributed by atoms with van der Waals surface area (Å²) in [5.74, 6) is -0.553. The maximum Gasteiger partial charge on any atom is 0.418 e. The van der Waals surface area contributed by atoms with E-state index in [1.807, 2.05) is 4.90 Å². The monoisotopic (exact) mass is 459 g/mol. The number of nitrogens with one attached hydrogen (secondary N) is 1. The fourth-order valence-electron chi connectivity index (χ4n) is 3.95. The van der Waals surface area contributed by atoms with Crippen molar-refractivity contribution in [1.29, 1.82) is 0 Å². The normalized spacial score (nSPS) is 14.9. The second-order valence-corrected chi connectivity index (χ2v) is 7.62. The van der Waals surface area contributed by atoms with Crippen LogP contribution >= 0.6 is 0 Å². The van der Waals surface area contributed by atoms with Gasteiger partial charge in [0.15, 0.2) is 0 Å². The number of pyridine rings is 1. The van der Waals surface area contributed by atoms with Crippen LogP contribution in [0, 0.1) is 10.1 Å². The molecule has 2 aromatic carbocycles. The molecule has 172 valence electrons. The van der Waals surface area contributed by atoms with Gasteiger partial charge in [0.25, 0.3) is 0 Å². The Morgan fingerprint density at radius 2 is 1.79 bits per heavy atom. The summed E-state index contributed by atoms with van der Waals surface area (Å²) in [6, 6.07) is 11.5. The molecular formula is C22H20F3N5O3. The van der Waals surface area contributed by atoms with Gasteiger partial charge in [-0.2, -0.15) is 13.2 Å². The van der Waals surface area contributed by atoms with Crippen LogP contribution in [0.3, 0.4) is 0 Å². The average Bonchev–Trinajstić information content (AvgIpc) is 2.78. The van der Waals surface area contributed by atoms with Crippen molar-refractivity contribution in [2.75, 3.05) is 42.9 Å². The highest BCUT2D eigenvalue weighted by atomic mass is 19.4. The Hall–Kier alpha value is -3.73. The van der Waals surface area contributed by atoms with E-state index in [0.29, 0.717) is 42.8 Å². The summed E-state index contributed by atoms with van der Waals surface area (Å²) in [5.41, 5.74) is -0.197. The Morgan fingerprint density at radius 3 is 2.48 bits per heavy atom. The lowest BCUT2D eigenvalue weighted by Gasteiger charge is -2.35. The van der Waals surface area contributed by atoms with Gasteiger partial charge >= 0.3 is 11.9 Å². The maximum absolute atomic E-state index is 13.1. The van der Waals surface area contributed by atoms with Gasteiger partial charge < -0.3 is 10.2 Å². The molecule has 0 radical (unpaired) electrons. The number of piperazine rings is 1. The molecule has 0 aliphatic carbocycles. The maximum atomic E-state index is 13.1. The standard InChI is InChI=1S/C22H20F3N5O3/c23-22(24,25)16-5-1-2-6-18(16)27-20(31)14-28-10-12-29(13-11-28)19-8-7-17-15(4-3-9-26-17)21(19)30(32)33/h1-9H,10-14H2,(H,27,31). The van der Waals surface area contributed by atoms with Gasteiger partial charge in [0.05, 0.1) is 33.6 Å². The molecule has 0 bridgehead atoms. The van der Waals surface area contributed by atoms with Crippen LogP contribution in [0.1, 0.15) is 5.56 Å². The second kappa shape index (κ2) is 9.02. The van der Waals surface area contributed by atoms with Gasteiger partial charge in [-0.25, -0.2) is 0 Å². The molecular weight excluding hydrogens is 439 g/mol. The zero-order chi connectivity index (χ0) is 23.6. The topological polar surface area (TPSA) is 91.6 Å². The van der Waals surface area contributed by atoms with Gasteiger partial charge in [-0.15, -0.1) is 0 Å². The molecule has 1 aliphatic heterocycles. The lowest BCUT2D eigenvalue weighted by atomic mass is 10.1. The molecule has 0 saturated carbocycles. The van der Waals surface area contributed by atoms with Crippen LogP contribution in [-0.4, -0.2) is 53.4 Å². The minimum absolute atomic E-state index is 0.0180. The van der Waals surface area contributed by atoms with Crippen LogP contribution < -0.4 is 10.2 Å². The predicted molar refractivity (Wildman–Crippen MR) is 117 cm³/mol. The average molecular weight is 459 g/mol. The first kappa shape index (κ1) is 22.5. The number of rotatable bonds is 5. The van der Waals surface area contributed by atoms with Gasteiger partial charge in [0, 0.05) is 32.4 Å². The fraction of sp³-hybridized carbons (Fsp3) is 0.273. The lowest BCUT2D eigenvalue weighted by molar-refractivity contribution is -0.382. The van der Waals surface area contributed by atoms with Crippen LogP contribution in [0.2, 0.25) is 0 Å². The molecule has 1 saturated heterocycles. The Bertz CT molecular complexity index is 1190. The number of benzene rings is 2. The Labute approximate surface area is 186 Å². The number of fused-ring (bicyclic) bond motifs is 1. The van der Waals surface area contributed by atoms with E-state index < -0.39 is 22.6 Å². The van der Waals surface area contributed by atoms with Gasteiger partial charge in [-0.1, -0.05) is 12.1 Å². The number of amides is 1. The molecule has 8 nitrogen and oxygen atoms in total. The largest absolute Gasteiger partial charge is 0.418 e. The first-order valence-corrected chi connectivity index (χ1v) is 10.2. The van der Waals surface area contributed by atoms with Crippen molar-refractivity contribution >= 4 is 33.9 Å². The van der Waals surface area contributed by atoms with Gasteiger partial charge in [0.1, 0.15) is 5.69 Å². The minimum Gasteiger partial charge on any atom is -0.363 e. The number of hydrogen-bond acceptors (Lipinski definition) is 6. The van der Waals surface area contributed by atoms with Crippen molar-refractivity contribution in [3.05, 3.63) is 70.4 Å². The van der Waals surface area contributed by atoms with Crippen LogP contribution in [0.4, 0.5) is 30.2 Å². The highest BCUT2D eigenvalue weighted by Crippen LogP contribution is 2.36. The van der Waals surface area contributed by atoms with Crippen LogP contribution in [-0.2, 0) is 11.0 Å². The number of carbonyl (C=O) groups is 1. The quantitative estimate of drug-likeness (QED) is 0.459. The van der Waals surface area contributed by atoms with Crippen molar-refractivity contribution in [3.63, 3.8) is 0 Å². The number of hydrogen-bond donors (Lipinski definition) is 1. The summed E-state index contributed by atoms with van der Waals surface area (Å²) in [6.45, 7) is 1.63. The molecule has 3 aromatic rings. The number of nitro groups is 1. The van der Waals surface area contributed by atoms with Crippen molar-refractivity contribution in [1.82, 2.24) is 9.88 Å². The number of anilines is 2. The van der Waals surface area contributed by atoms with E-state index in [1.165, 1.54) is 18.2 Å². The minimum atomic E-state index is -4.57. The van der Waals surface area contributed by atoms with Crippen LogP contribution in [0.5, 0.6) is 0 Å². The molecule has 4 rings (SSSR count). The summed E-state index contributed by atoms with van der Waals surface area (Å²) < 4.78 is 39.4. The van der Waals surface area contributed by atoms with Gasteiger partial charge in [0.2, 0.25) is 5.91 Å². The smallest absolute Gasteiger partial charge is 0.363 e. The van der Waals surface area contributed by atoms with E-state index in [9.17, 15) is 28.1 Å². The molecule has 33 heavy (non-hydrogen) atoms. The van der Waals surface area contributed by atoms with Crippen LogP contribution in [0.25, 0.3) is 10.9 Å².